The lowest BCUT2D eigenvalue weighted by molar-refractivity contribution is 0.0633. The Bertz CT molecular complexity index is 651. The van der Waals surface area contributed by atoms with Crippen molar-refractivity contribution in [1.29, 1.82) is 0 Å². The number of hydrogen-bond donors (Lipinski definition) is 1. The summed E-state index contributed by atoms with van der Waals surface area (Å²) < 4.78 is 2.05. The van der Waals surface area contributed by atoms with Crippen molar-refractivity contribution in [3.63, 3.8) is 0 Å². The van der Waals surface area contributed by atoms with Gasteiger partial charge in [-0.3, -0.25) is 14.5 Å². The zero-order valence-corrected chi connectivity index (χ0v) is 12.3. The van der Waals surface area contributed by atoms with Gasteiger partial charge in [-0.15, -0.1) is 0 Å². The van der Waals surface area contributed by atoms with E-state index in [0.29, 0.717) is 18.7 Å². The zero-order valence-electron chi connectivity index (χ0n) is 12.3. The average Bonchev–Trinajstić information content (AvgIpc) is 3.07. The SMILES string of the molecule is O=C(c1ccc(=O)[nH]c1)N1CCN(CCn2ccnc2)CC1. The fourth-order valence-corrected chi connectivity index (χ4v) is 2.58. The third kappa shape index (κ3) is 3.43. The molecule has 0 unspecified atom stereocenters. The first-order valence-electron chi connectivity index (χ1n) is 7.38. The van der Waals surface area contributed by atoms with E-state index in [1.54, 1.807) is 12.3 Å². The molecule has 1 saturated heterocycles. The first-order chi connectivity index (χ1) is 10.7. The van der Waals surface area contributed by atoms with Crippen LogP contribution in [-0.4, -0.2) is 63.0 Å². The Kier molecular flexibility index (Phi) is 4.34. The van der Waals surface area contributed by atoms with Gasteiger partial charge in [-0.05, 0) is 6.07 Å². The summed E-state index contributed by atoms with van der Waals surface area (Å²) in [4.78, 5) is 34.1. The second-order valence-electron chi connectivity index (χ2n) is 5.38. The van der Waals surface area contributed by atoms with Crippen LogP contribution in [0.1, 0.15) is 10.4 Å². The molecule has 0 atom stereocenters. The van der Waals surface area contributed by atoms with E-state index in [-0.39, 0.29) is 11.5 Å². The van der Waals surface area contributed by atoms with Crippen molar-refractivity contribution in [1.82, 2.24) is 24.3 Å². The summed E-state index contributed by atoms with van der Waals surface area (Å²) >= 11 is 0. The summed E-state index contributed by atoms with van der Waals surface area (Å²) in [6, 6.07) is 2.96. The van der Waals surface area contributed by atoms with Gasteiger partial charge in [-0.2, -0.15) is 0 Å². The van der Waals surface area contributed by atoms with E-state index in [4.69, 9.17) is 0 Å². The van der Waals surface area contributed by atoms with Crippen molar-refractivity contribution < 1.29 is 4.79 Å². The maximum Gasteiger partial charge on any atom is 0.255 e. The van der Waals surface area contributed by atoms with Gasteiger partial charge in [-0.25, -0.2) is 4.98 Å². The third-order valence-electron chi connectivity index (χ3n) is 3.92. The van der Waals surface area contributed by atoms with Gasteiger partial charge in [0.1, 0.15) is 0 Å². The summed E-state index contributed by atoms with van der Waals surface area (Å²) in [5.41, 5.74) is 0.340. The lowest BCUT2D eigenvalue weighted by atomic mass is 10.2. The van der Waals surface area contributed by atoms with Gasteiger partial charge >= 0.3 is 0 Å². The number of aromatic nitrogens is 3. The van der Waals surface area contributed by atoms with E-state index in [1.807, 2.05) is 17.4 Å². The quantitative estimate of drug-likeness (QED) is 0.864. The van der Waals surface area contributed by atoms with Gasteiger partial charge in [0, 0.05) is 63.9 Å². The number of aromatic amines is 1. The largest absolute Gasteiger partial charge is 0.336 e. The highest BCUT2D eigenvalue weighted by atomic mass is 16.2. The van der Waals surface area contributed by atoms with Crippen LogP contribution in [0.25, 0.3) is 0 Å². The molecule has 0 saturated carbocycles. The summed E-state index contributed by atoms with van der Waals surface area (Å²) in [7, 11) is 0. The molecule has 3 heterocycles. The van der Waals surface area contributed by atoms with Crippen molar-refractivity contribution in [2.24, 2.45) is 0 Å². The Hall–Kier alpha value is -2.41. The minimum Gasteiger partial charge on any atom is -0.336 e. The Morgan fingerprint density at radius 3 is 2.64 bits per heavy atom. The van der Waals surface area contributed by atoms with Gasteiger partial charge < -0.3 is 14.5 Å². The molecule has 1 fully saturated rings. The number of piperazine rings is 1. The number of amides is 1. The van der Waals surface area contributed by atoms with E-state index in [9.17, 15) is 9.59 Å². The van der Waals surface area contributed by atoms with E-state index in [2.05, 4.69) is 19.4 Å². The number of pyridine rings is 1. The minimum absolute atomic E-state index is 0.0227. The third-order valence-corrected chi connectivity index (χ3v) is 3.92. The standard InChI is InChI=1S/C15H19N5O2/c21-14-2-1-13(11-17-14)15(22)20-9-7-18(8-10-20)5-6-19-4-3-16-12-19/h1-4,11-12H,5-10H2,(H,17,21). The molecule has 0 radical (unpaired) electrons. The molecule has 2 aromatic rings. The van der Waals surface area contributed by atoms with Gasteiger partial charge in [-0.1, -0.05) is 0 Å². The van der Waals surface area contributed by atoms with Crippen LogP contribution in [0, 0.1) is 0 Å². The van der Waals surface area contributed by atoms with Crippen molar-refractivity contribution >= 4 is 5.91 Å². The fraction of sp³-hybridized carbons (Fsp3) is 0.400. The number of nitrogens with zero attached hydrogens (tertiary/aromatic N) is 4. The average molecular weight is 301 g/mol. The Morgan fingerprint density at radius 2 is 2.00 bits per heavy atom. The van der Waals surface area contributed by atoms with Gasteiger partial charge in [0.2, 0.25) is 5.56 Å². The van der Waals surface area contributed by atoms with Crippen LogP contribution in [0.5, 0.6) is 0 Å². The lowest BCUT2D eigenvalue weighted by Crippen LogP contribution is -2.49. The second kappa shape index (κ2) is 6.57. The number of nitrogens with one attached hydrogen (secondary N) is 1. The summed E-state index contributed by atoms with van der Waals surface area (Å²) in [6.07, 6.45) is 7.03. The topological polar surface area (TPSA) is 74.2 Å². The minimum atomic E-state index is -0.194. The molecule has 1 N–H and O–H groups in total. The second-order valence-corrected chi connectivity index (χ2v) is 5.38. The molecule has 7 nitrogen and oxygen atoms in total. The Balaban J connectivity index is 1.49. The normalized spacial score (nSPS) is 15.9. The van der Waals surface area contributed by atoms with Crippen molar-refractivity contribution in [2.45, 2.75) is 6.54 Å². The Labute approximate surface area is 128 Å². The first kappa shape index (κ1) is 14.5. The summed E-state index contributed by atoms with van der Waals surface area (Å²) in [6.45, 7) is 5.02. The molecule has 0 aromatic carbocycles. The van der Waals surface area contributed by atoms with Gasteiger partial charge in [0.15, 0.2) is 0 Å². The first-order valence-corrected chi connectivity index (χ1v) is 7.38. The molecule has 0 spiro atoms. The predicted octanol–water partition coefficient (Wildman–Crippen LogP) is 0.0294. The monoisotopic (exact) mass is 301 g/mol. The maximum atomic E-state index is 12.3. The van der Waals surface area contributed by atoms with E-state index in [1.165, 1.54) is 12.3 Å². The molecule has 1 aliphatic heterocycles. The van der Waals surface area contributed by atoms with Crippen LogP contribution in [-0.2, 0) is 6.54 Å². The molecule has 1 aliphatic rings. The molecule has 116 valence electrons. The molecule has 0 bridgehead atoms. The molecular weight excluding hydrogens is 282 g/mol. The fourth-order valence-electron chi connectivity index (χ4n) is 2.58. The van der Waals surface area contributed by atoms with Crippen LogP contribution < -0.4 is 5.56 Å². The molecule has 22 heavy (non-hydrogen) atoms. The van der Waals surface area contributed by atoms with Gasteiger partial charge in [0.05, 0.1) is 11.9 Å². The number of carbonyl (C=O) groups excluding carboxylic acids is 1. The highest BCUT2D eigenvalue weighted by molar-refractivity contribution is 5.93. The maximum absolute atomic E-state index is 12.3. The highest BCUT2D eigenvalue weighted by Gasteiger charge is 2.21. The van der Waals surface area contributed by atoms with E-state index < -0.39 is 0 Å². The molecule has 1 amide bonds. The predicted molar refractivity (Wildman–Crippen MR) is 81.6 cm³/mol. The number of hydrogen-bond acceptors (Lipinski definition) is 4. The Morgan fingerprint density at radius 1 is 1.18 bits per heavy atom. The van der Waals surface area contributed by atoms with Crippen molar-refractivity contribution in [2.75, 3.05) is 32.7 Å². The molecule has 7 heteroatoms. The molecular formula is C15H19N5O2. The zero-order chi connectivity index (χ0) is 15.4. The number of imidazole rings is 1. The highest BCUT2D eigenvalue weighted by Crippen LogP contribution is 2.07. The van der Waals surface area contributed by atoms with Crippen LogP contribution in [0.15, 0.2) is 41.8 Å². The smallest absolute Gasteiger partial charge is 0.255 e. The molecule has 2 aromatic heterocycles. The number of carbonyl (C=O) groups is 1. The van der Waals surface area contributed by atoms with Crippen LogP contribution >= 0.6 is 0 Å². The van der Waals surface area contributed by atoms with Gasteiger partial charge in [0.25, 0.3) is 5.91 Å². The van der Waals surface area contributed by atoms with Crippen LogP contribution in [0.2, 0.25) is 0 Å². The summed E-state index contributed by atoms with van der Waals surface area (Å²) in [5.74, 6) is -0.0227. The summed E-state index contributed by atoms with van der Waals surface area (Å²) in [5, 5.41) is 0. The van der Waals surface area contributed by atoms with Crippen LogP contribution in [0.4, 0.5) is 0 Å². The van der Waals surface area contributed by atoms with E-state index >= 15 is 0 Å². The molecule has 3 rings (SSSR count). The number of rotatable bonds is 4. The van der Waals surface area contributed by atoms with E-state index in [0.717, 1.165) is 26.2 Å². The number of H-pyrrole nitrogens is 1. The lowest BCUT2D eigenvalue weighted by Gasteiger charge is -2.34. The molecule has 0 aliphatic carbocycles. The van der Waals surface area contributed by atoms with Crippen LogP contribution in [0.3, 0.4) is 0 Å². The van der Waals surface area contributed by atoms with Crippen molar-refractivity contribution in [3.8, 4) is 0 Å². The van der Waals surface area contributed by atoms with Crippen molar-refractivity contribution in [3.05, 3.63) is 53.0 Å².